The molecule has 2 saturated heterocycles. The van der Waals surface area contributed by atoms with Crippen LogP contribution in [-0.4, -0.2) is 228 Å². The molecule has 0 aliphatic carbocycles. The van der Waals surface area contributed by atoms with E-state index in [9.17, 15) is 102 Å². The molecule has 2 fully saturated rings. The Morgan fingerprint density at radius 1 is 0.576 bits per heavy atom. The van der Waals surface area contributed by atoms with E-state index < -0.39 is 301 Å². The number of amides is 12. The maximum Gasteiger partial charge on any atom is 0.304 e. The summed E-state index contributed by atoms with van der Waals surface area (Å²) in [6, 6.07) is -13.2. The third-order valence-corrected chi connectivity index (χ3v) is 24.3. The number of thioether (sulfide) groups is 2. The standard InChI is InChI=1S/C85H130F4N12O22S2/c1-7-8-9-10-11-12-13-14-15-16-17-18-19-20-21-26-67(107)92-34-33-68(108)95-58(37-48(2)3)64(104)39-51(27-30-66(90)106)79(117)98-60-47-125-46-55-54(73(86)75(88)76(89)74(55)87)45-124-44-53(80(118)97-59(38-49(4)5)85(123)100-35-22-24-61(100)78(91)116)41-63(103)56(28-31-70(110)111)94-69(109)43-93-83(121)77(50(6)102)99-81(119)57(29-32-71(112)113)96-82(120)62-25-23-36-101(62)84(122)52(40-65(60)105)42-72(114)115/h48-53,56-62,77,102H,7-47H2,1-6H3,(H2,90,106)(H2,91,116)(H,92,107)(H,93,121)(H,94,109)(H,95,108)(H,96,120)(H,97,118)(H,98,117)(H,99,119)(H,110,111)(H,112,113)(H,114,115)/t50-,51-,52+,53+,56+,57+,58+,59+,60+,61+,62+,77+/m1/s1. The molecule has 125 heavy (non-hydrogen) atoms. The Labute approximate surface area is 735 Å². The number of carbonyl (C=O) groups excluding carboxylic acids is 15. The average Bonchev–Trinajstić information content (AvgIpc) is 0.921. The number of hydrogen-bond donors (Lipinski definition) is 14. The van der Waals surface area contributed by atoms with Gasteiger partial charge in [-0.2, -0.15) is 23.5 Å². The summed E-state index contributed by atoms with van der Waals surface area (Å²) in [5, 5.41) is 60.1. The summed E-state index contributed by atoms with van der Waals surface area (Å²) in [5.41, 5.74) is 9.36. The lowest BCUT2D eigenvalue weighted by atomic mass is 9.89. The fraction of sp³-hybridized carbons (Fsp3) is 0.718. The van der Waals surface area contributed by atoms with Gasteiger partial charge in [-0.25, -0.2) is 17.6 Å². The number of unbranched alkanes of at least 4 members (excludes halogenated alkanes) is 14. The number of rotatable bonds is 45. The molecule has 1 aromatic rings. The van der Waals surface area contributed by atoms with Gasteiger partial charge in [0, 0.05) is 111 Å². The summed E-state index contributed by atoms with van der Waals surface area (Å²) in [6.07, 6.45) is 7.27. The number of carboxylic acid groups (broad SMARTS) is 3. The number of nitrogens with one attached hydrogen (secondary N) is 8. The van der Waals surface area contributed by atoms with Crippen LogP contribution in [0.25, 0.3) is 0 Å². The first-order valence-electron chi connectivity index (χ1n) is 43.6. The first-order chi connectivity index (χ1) is 59.1. The lowest BCUT2D eigenvalue weighted by Crippen LogP contribution is -2.59. The third kappa shape index (κ3) is 38.8. The smallest absolute Gasteiger partial charge is 0.304 e. The van der Waals surface area contributed by atoms with Crippen molar-refractivity contribution in [2.75, 3.05) is 37.7 Å². The van der Waals surface area contributed by atoms with E-state index >= 15 is 22.4 Å². The molecule has 0 radical (unpaired) electrons. The van der Waals surface area contributed by atoms with Crippen LogP contribution in [0.3, 0.4) is 0 Å². The number of primary amides is 2. The van der Waals surface area contributed by atoms with E-state index in [1.807, 2.05) is 0 Å². The second-order valence-electron chi connectivity index (χ2n) is 33.5. The number of benzene rings is 1. The Bertz CT molecular complexity index is 3880. The number of likely N-dealkylation sites (tertiary alicyclic amines) is 1. The summed E-state index contributed by atoms with van der Waals surface area (Å²) >= 11 is 0.943. The molecular formula is C85H130F4N12O22S2. The van der Waals surface area contributed by atoms with Gasteiger partial charge in [0.25, 0.3) is 0 Å². The van der Waals surface area contributed by atoms with E-state index in [4.69, 9.17) is 11.5 Å². The molecule has 0 aromatic heterocycles. The normalized spacial score (nSPS) is 21.1. The largest absolute Gasteiger partial charge is 0.481 e. The van der Waals surface area contributed by atoms with Crippen LogP contribution in [0.2, 0.25) is 0 Å². The highest BCUT2D eigenvalue weighted by atomic mass is 32.2. The molecule has 16 N–H and O–H groups in total. The molecule has 1 aromatic carbocycles. The van der Waals surface area contributed by atoms with Gasteiger partial charge in [0.2, 0.25) is 70.9 Å². The molecule has 34 nitrogen and oxygen atoms in total. The molecule has 0 bridgehead atoms. The van der Waals surface area contributed by atoms with Gasteiger partial charge < -0.3 is 84.2 Å². The Morgan fingerprint density at radius 3 is 1.67 bits per heavy atom. The molecule has 3 aliphatic heterocycles. The maximum atomic E-state index is 16.6. The van der Waals surface area contributed by atoms with Crippen LogP contribution in [-0.2, 0) is 97.8 Å². The molecule has 0 unspecified atom stereocenters. The highest BCUT2D eigenvalue weighted by Gasteiger charge is 2.44. The fourth-order valence-corrected chi connectivity index (χ4v) is 17.6. The van der Waals surface area contributed by atoms with Gasteiger partial charge in [0.1, 0.15) is 30.2 Å². The molecule has 3 aliphatic rings. The number of halogens is 4. The fourth-order valence-electron chi connectivity index (χ4n) is 15.3. The molecule has 12 atom stereocenters. The summed E-state index contributed by atoms with van der Waals surface area (Å²) in [4.78, 5) is 250. The van der Waals surface area contributed by atoms with Crippen molar-refractivity contribution >= 4 is 130 Å². The van der Waals surface area contributed by atoms with Crippen molar-refractivity contribution in [1.82, 2.24) is 52.3 Å². The van der Waals surface area contributed by atoms with Crippen LogP contribution in [0.15, 0.2) is 0 Å². The highest BCUT2D eigenvalue weighted by molar-refractivity contribution is 7.98. The van der Waals surface area contributed by atoms with Crippen molar-refractivity contribution in [2.45, 2.75) is 319 Å². The minimum atomic E-state index is -2.34. The lowest BCUT2D eigenvalue weighted by molar-refractivity contribution is -0.148. The quantitative estimate of drug-likeness (QED) is 0.0162. The van der Waals surface area contributed by atoms with Gasteiger partial charge >= 0.3 is 17.9 Å². The SMILES string of the molecule is CCCCCCCCCCCCCCCCCC(=O)NCCC(=O)N[C@@H](CC(C)C)C(=O)C[C@@H](CCC(N)=O)C(=O)N[C@H]1CSCc2c(F)c(F)c(F)c(F)c2CSC[C@@H](C(=O)N[C@@H](CC(C)C)C(=O)N2CCC[C@H]2C(N)=O)CC(=O)[C@H](CCC(=O)O)NC(=O)CNC(=O)[C@H]([C@@H](C)O)NC(=O)[C@H](CCC(=O)O)NC(=O)[C@@H]2CCCN2C(=O)[C@H](CC(=O)O)CC1=O. The number of nitrogens with zero attached hydrogens (tertiary/aromatic N) is 2. The van der Waals surface area contributed by atoms with Crippen LogP contribution in [0.1, 0.15) is 265 Å². The lowest BCUT2D eigenvalue weighted by Gasteiger charge is -2.30. The van der Waals surface area contributed by atoms with Crippen LogP contribution >= 0.6 is 23.5 Å². The second kappa shape index (κ2) is 56.7. The zero-order valence-corrected chi connectivity index (χ0v) is 74.2. The van der Waals surface area contributed by atoms with E-state index in [1.54, 1.807) is 27.7 Å². The molecule has 12 amide bonds. The maximum absolute atomic E-state index is 16.6. The van der Waals surface area contributed by atoms with E-state index in [0.717, 1.165) is 42.4 Å². The number of nitrogens with two attached hydrogens (primary N) is 2. The molecule has 4 rings (SSSR count). The van der Waals surface area contributed by atoms with Gasteiger partial charge in [0.05, 0.1) is 49.0 Å². The molecule has 40 heteroatoms. The Kier molecular flexibility index (Phi) is 49.0. The first kappa shape index (κ1) is 108. The number of hydrogen-bond acceptors (Lipinski definition) is 21. The van der Waals surface area contributed by atoms with Gasteiger partial charge in [-0.1, -0.05) is 125 Å². The predicted octanol–water partition coefficient (Wildman–Crippen LogP) is 5.65. The Balaban J connectivity index is 1.80. The Hall–Kier alpha value is -9.34. The number of fused-ring (bicyclic) bond motifs is 2. The number of aliphatic hydroxyl groups is 1. The summed E-state index contributed by atoms with van der Waals surface area (Å²) in [6.45, 7) is 8.57. The van der Waals surface area contributed by atoms with Gasteiger partial charge in [-0.05, 0) is 83.0 Å². The van der Waals surface area contributed by atoms with E-state index in [2.05, 4.69) is 49.5 Å². The monoisotopic (exact) mass is 1810 g/mol. The molecule has 0 spiro atoms. The van der Waals surface area contributed by atoms with Crippen LogP contribution < -0.4 is 54.0 Å². The summed E-state index contributed by atoms with van der Waals surface area (Å²) in [7, 11) is 0. The van der Waals surface area contributed by atoms with Gasteiger partial charge in [0.15, 0.2) is 40.6 Å². The Morgan fingerprint density at radius 2 is 1.13 bits per heavy atom. The molecule has 702 valence electrons. The topological polar surface area (TPSA) is 543 Å². The zero-order chi connectivity index (χ0) is 93.2. The summed E-state index contributed by atoms with van der Waals surface area (Å²) in [5.74, 6) is -37.7. The predicted molar refractivity (Wildman–Crippen MR) is 453 cm³/mol. The van der Waals surface area contributed by atoms with Crippen molar-refractivity contribution in [3.63, 3.8) is 0 Å². The van der Waals surface area contributed by atoms with Crippen LogP contribution in [0, 0.1) is 52.9 Å². The first-order valence-corrected chi connectivity index (χ1v) is 45.9. The van der Waals surface area contributed by atoms with Crippen LogP contribution in [0.5, 0.6) is 0 Å². The van der Waals surface area contributed by atoms with Crippen LogP contribution in [0.4, 0.5) is 17.6 Å². The van der Waals surface area contributed by atoms with Crippen molar-refractivity contribution in [2.24, 2.45) is 41.1 Å². The van der Waals surface area contributed by atoms with E-state index in [-0.39, 0.29) is 82.3 Å². The number of aliphatic hydroxyl groups excluding tert-OH is 1. The van der Waals surface area contributed by atoms with Gasteiger partial charge in [-0.15, -0.1) is 0 Å². The van der Waals surface area contributed by atoms with Crippen molar-refractivity contribution in [3.8, 4) is 0 Å². The van der Waals surface area contributed by atoms with Crippen molar-refractivity contribution in [3.05, 3.63) is 34.4 Å². The van der Waals surface area contributed by atoms with E-state index in [0.29, 0.717) is 36.4 Å². The molecule has 0 saturated carbocycles. The minimum absolute atomic E-state index is 0.00250. The number of ketones is 3. The third-order valence-electron chi connectivity index (χ3n) is 22.1. The number of carbonyl (C=O) groups is 18. The summed E-state index contributed by atoms with van der Waals surface area (Å²) < 4.78 is 64.6. The zero-order valence-electron chi connectivity index (χ0n) is 72.6. The second-order valence-corrected chi connectivity index (χ2v) is 35.6. The van der Waals surface area contributed by atoms with E-state index in [1.165, 1.54) is 64.2 Å². The van der Waals surface area contributed by atoms with Gasteiger partial charge in [-0.3, -0.25) is 86.3 Å². The molecule has 3 heterocycles. The number of carboxylic acids is 3. The number of Topliss-reactive ketones (excluding diaryl/α,β-unsaturated/α-hetero) is 3. The minimum Gasteiger partial charge on any atom is -0.481 e. The molecular weight excluding hydrogens is 1680 g/mol. The van der Waals surface area contributed by atoms with Crippen molar-refractivity contribution in [1.29, 1.82) is 0 Å². The highest BCUT2D eigenvalue weighted by Crippen LogP contribution is 2.34. The average molecular weight is 1810 g/mol. The van der Waals surface area contributed by atoms with Crippen molar-refractivity contribution < 1.29 is 124 Å². The number of aliphatic carboxylic acids is 3.